The molecule has 0 heterocycles. The summed E-state index contributed by atoms with van der Waals surface area (Å²) in [6.07, 6.45) is 0. The Kier molecular flexibility index (Phi) is 4.52. The van der Waals surface area contributed by atoms with Crippen LogP contribution in [0.2, 0.25) is 0 Å². The van der Waals surface area contributed by atoms with Crippen molar-refractivity contribution < 1.29 is 15.0 Å². The maximum atomic E-state index is 10.8. The molecule has 2 N–H and O–H groups in total. The van der Waals surface area contributed by atoms with Crippen molar-refractivity contribution in [2.75, 3.05) is 6.54 Å². The molecule has 1 unspecified atom stereocenters. The maximum absolute atomic E-state index is 10.8. The van der Waals surface area contributed by atoms with Gasteiger partial charge in [0.15, 0.2) is 0 Å². The molecule has 17 heavy (non-hydrogen) atoms. The lowest BCUT2D eigenvalue weighted by Crippen LogP contribution is -2.37. The van der Waals surface area contributed by atoms with Gasteiger partial charge >= 0.3 is 5.97 Å². The number of para-hydroxylation sites is 1. The van der Waals surface area contributed by atoms with Gasteiger partial charge in [-0.25, -0.2) is 0 Å². The number of carboxylic acid groups (broad SMARTS) is 1. The largest absolute Gasteiger partial charge is 0.508 e. The monoisotopic (exact) mass is 237 g/mol. The van der Waals surface area contributed by atoms with E-state index in [-0.39, 0.29) is 24.4 Å². The molecule has 0 aliphatic heterocycles. The molecule has 0 radical (unpaired) electrons. The molecule has 0 aliphatic carbocycles. The Labute approximate surface area is 101 Å². The van der Waals surface area contributed by atoms with Crippen LogP contribution in [0.25, 0.3) is 0 Å². The number of aliphatic carboxylic acids is 1. The molecule has 0 aromatic heterocycles. The molecule has 1 aromatic carbocycles. The standard InChI is InChI=1S/C13H19NO3/c1-9(2)14(8-13(16)17)10(3)11-6-4-5-7-12(11)15/h4-7,9-10,15H,8H2,1-3H3,(H,16,17). The van der Waals surface area contributed by atoms with Crippen LogP contribution in [0.15, 0.2) is 24.3 Å². The summed E-state index contributed by atoms with van der Waals surface area (Å²) in [5.41, 5.74) is 0.752. The average molecular weight is 237 g/mol. The summed E-state index contributed by atoms with van der Waals surface area (Å²) in [5, 5.41) is 18.7. The molecule has 1 atom stereocenters. The fourth-order valence-corrected chi connectivity index (χ4v) is 1.94. The molecule has 0 amide bonds. The van der Waals surface area contributed by atoms with E-state index in [0.717, 1.165) is 5.56 Å². The summed E-state index contributed by atoms with van der Waals surface area (Å²) >= 11 is 0. The minimum Gasteiger partial charge on any atom is -0.508 e. The van der Waals surface area contributed by atoms with Gasteiger partial charge in [-0.1, -0.05) is 18.2 Å². The Morgan fingerprint density at radius 1 is 1.29 bits per heavy atom. The number of rotatable bonds is 5. The number of carbonyl (C=O) groups is 1. The third kappa shape index (κ3) is 3.46. The first kappa shape index (κ1) is 13.5. The molecule has 0 saturated heterocycles. The van der Waals surface area contributed by atoms with Crippen molar-refractivity contribution in [2.45, 2.75) is 32.9 Å². The number of benzene rings is 1. The van der Waals surface area contributed by atoms with Gasteiger partial charge in [-0.15, -0.1) is 0 Å². The molecule has 94 valence electrons. The van der Waals surface area contributed by atoms with Crippen molar-refractivity contribution in [1.82, 2.24) is 4.90 Å². The molecular formula is C13H19NO3. The van der Waals surface area contributed by atoms with Gasteiger partial charge in [0.1, 0.15) is 5.75 Å². The van der Waals surface area contributed by atoms with Crippen molar-refractivity contribution in [3.63, 3.8) is 0 Å². The average Bonchev–Trinajstić information content (AvgIpc) is 2.25. The van der Waals surface area contributed by atoms with E-state index in [2.05, 4.69) is 0 Å². The Morgan fingerprint density at radius 3 is 2.35 bits per heavy atom. The van der Waals surface area contributed by atoms with Crippen molar-refractivity contribution in [3.8, 4) is 5.75 Å². The molecule has 0 fully saturated rings. The first-order chi connectivity index (χ1) is 7.93. The smallest absolute Gasteiger partial charge is 0.317 e. The number of nitrogens with zero attached hydrogens (tertiary/aromatic N) is 1. The number of carboxylic acids is 1. The first-order valence-electron chi connectivity index (χ1n) is 5.69. The molecule has 4 nitrogen and oxygen atoms in total. The lowest BCUT2D eigenvalue weighted by molar-refractivity contribution is -0.139. The Balaban J connectivity index is 2.95. The van der Waals surface area contributed by atoms with Crippen molar-refractivity contribution in [3.05, 3.63) is 29.8 Å². The summed E-state index contributed by atoms with van der Waals surface area (Å²) in [6.45, 7) is 5.75. The second kappa shape index (κ2) is 5.68. The Morgan fingerprint density at radius 2 is 1.88 bits per heavy atom. The van der Waals surface area contributed by atoms with E-state index in [4.69, 9.17) is 5.11 Å². The number of phenols is 1. The number of aromatic hydroxyl groups is 1. The Hall–Kier alpha value is -1.55. The zero-order valence-electron chi connectivity index (χ0n) is 10.4. The van der Waals surface area contributed by atoms with Crippen molar-refractivity contribution >= 4 is 5.97 Å². The van der Waals surface area contributed by atoms with Crippen LogP contribution < -0.4 is 0 Å². The third-order valence-corrected chi connectivity index (χ3v) is 2.87. The molecule has 1 aromatic rings. The van der Waals surface area contributed by atoms with Gasteiger partial charge in [-0.2, -0.15) is 0 Å². The zero-order valence-corrected chi connectivity index (χ0v) is 10.4. The Bertz CT molecular complexity index is 390. The van der Waals surface area contributed by atoms with Gasteiger partial charge in [0.05, 0.1) is 6.54 Å². The van der Waals surface area contributed by atoms with Gasteiger partial charge in [-0.05, 0) is 26.8 Å². The zero-order chi connectivity index (χ0) is 13.0. The van der Waals surface area contributed by atoms with Crippen LogP contribution in [-0.2, 0) is 4.79 Å². The predicted octanol–water partition coefficient (Wildman–Crippen LogP) is 2.25. The number of hydrogen-bond donors (Lipinski definition) is 2. The SMILES string of the molecule is CC(C)N(CC(=O)O)C(C)c1ccccc1O. The molecule has 0 spiro atoms. The summed E-state index contributed by atoms with van der Waals surface area (Å²) in [4.78, 5) is 12.7. The minimum absolute atomic E-state index is 0.0346. The van der Waals surface area contributed by atoms with Gasteiger partial charge < -0.3 is 10.2 Å². The van der Waals surface area contributed by atoms with Crippen LogP contribution in [0.4, 0.5) is 0 Å². The normalized spacial score (nSPS) is 13.0. The van der Waals surface area contributed by atoms with Crippen LogP contribution in [-0.4, -0.2) is 33.7 Å². The van der Waals surface area contributed by atoms with Crippen molar-refractivity contribution in [2.24, 2.45) is 0 Å². The summed E-state index contributed by atoms with van der Waals surface area (Å²) in [6, 6.07) is 6.99. The fourth-order valence-electron chi connectivity index (χ4n) is 1.94. The van der Waals surface area contributed by atoms with E-state index in [1.165, 1.54) is 0 Å². The van der Waals surface area contributed by atoms with Crippen LogP contribution in [0.5, 0.6) is 5.75 Å². The van der Waals surface area contributed by atoms with Crippen LogP contribution >= 0.6 is 0 Å². The van der Waals surface area contributed by atoms with E-state index < -0.39 is 5.97 Å². The van der Waals surface area contributed by atoms with E-state index >= 15 is 0 Å². The molecule has 4 heteroatoms. The van der Waals surface area contributed by atoms with Gasteiger partial charge in [0.2, 0.25) is 0 Å². The highest BCUT2D eigenvalue weighted by molar-refractivity contribution is 5.69. The third-order valence-electron chi connectivity index (χ3n) is 2.87. The van der Waals surface area contributed by atoms with Crippen LogP contribution in [0.3, 0.4) is 0 Å². The minimum atomic E-state index is -0.860. The van der Waals surface area contributed by atoms with Gasteiger partial charge in [0.25, 0.3) is 0 Å². The molecule has 0 bridgehead atoms. The fraction of sp³-hybridized carbons (Fsp3) is 0.462. The van der Waals surface area contributed by atoms with E-state index in [1.54, 1.807) is 12.1 Å². The number of phenolic OH excluding ortho intramolecular Hbond substituents is 1. The van der Waals surface area contributed by atoms with Crippen LogP contribution in [0.1, 0.15) is 32.4 Å². The molecular weight excluding hydrogens is 218 g/mol. The lowest BCUT2D eigenvalue weighted by Gasteiger charge is -2.31. The number of hydrogen-bond acceptors (Lipinski definition) is 3. The molecule has 0 saturated carbocycles. The van der Waals surface area contributed by atoms with Crippen molar-refractivity contribution in [1.29, 1.82) is 0 Å². The maximum Gasteiger partial charge on any atom is 0.317 e. The highest BCUT2D eigenvalue weighted by Gasteiger charge is 2.22. The highest BCUT2D eigenvalue weighted by atomic mass is 16.4. The topological polar surface area (TPSA) is 60.8 Å². The predicted molar refractivity (Wildman–Crippen MR) is 66.0 cm³/mol. The van der Waals surface area contributed by atoms with E-state index in [1.807, 2.05) is 37.8 Å². The quantitative estimate of drug-likeness (QED) is 0.824. The second-order valence-corrected chi connectivity index (χ2v) is 4.39. The lowest BCUT2D eigenvalue weighted by atomic mass is 10.0. The van der Waals surface area contributed by atoms with Gasteiger partial charge in [0, 0.05) is 17.6 Å². The summed E-state index contributed by atoms with van der Waals surface area (Å²) in [7, 11) is 0. The second-order valence-electron chi connectivity index (χ2n) is 4.39. The summed E-state index contributed by atoms with van der Waals surface area (Å²) in [5.74, 6) is -0.656. The van der Waals surface area contributed by atoms with E-state index in [0.29, 0.717) is 0 Å². The molecule has 1 rings (SSSR count). The summed E-state index contributed by atoms with van der Waals surface area (Å²) < 4.78 is 0. The van der Waals surface area contributed by atoms with Gasteiger partial charge in [-0.3, -0.25) is 9.69 Å². The molecule has 0 aliphatic rings. The van der Waals surface area contributed by atoms with E-state index in [9.17, 15) is 9.90 Å². The highest BCUT2D eigenvalue weighted by Crippen LogP contribution is 2.28. The first-order valence-corrected chi connectivity index (χ1v) is 5.69. The van der Waals surface area contributed by atoms with Crippen LogP contribution in [0, 0.1) is 0 Å².